The second-order valence-corrected chi connectivity index (χ2v) is 5.96. The molecule has 0 radical (unpaired) electrons. The average Bonchev–Trinajstić information content (AvgIpc) is 2.50. The van der Waals surface area contributed by atoms with Crippen LogP contribution in [0.2, 0.25) is 0 Å². The van der Waals surface area contributed by atoms with E-state index in [-0.39, 0.29) is 0 Å². The minimum absolute atomic E-state index is 0.775. The van der Waals surface area contributed by atoms with E-state index in [4.69, 9.17) is 0 Å². The highest BCUT2D eigenvalue weighted by molar-refractivity contribution is 9.10. The molecule has 1 N–H and O–H groups in total. The molecule has 0 amide bonds. The van der Waals surface area contributed by atoms with E-state index in [2.05, 4.69) is 67.5 Å². The van der Waals surface area contributed by atoms with Crippen LogP contribution in [0.4, 0.5) is 5.82 Å². The lowest BCUT2D eigenvalue weighted by molar-refractivity contribution is 0.656. The van der Waals surface area contributed by atoms with Crippen LogP contribution < -0.4 is 10.2 Å². The fourth-order valence-corrected chi connectivity index (χ4v) is 2.25. The van der Waals surface area contributed by atoms with Gasteiger partial charge in [0.2, 0.25) is 0 Å². The molecular weight excluding hydrogens is 328 g/mol. The molecule has 5 heteroatoms. The molecule has 4 nitrogen and oxygen atoms in total. The van der Waals surface area contributed by atoms with Gasteiger partial charge in [-0.2, -0.15) is 5.10 Å². The number of nitrogens with zero attached hydrogens (tertiary/aromatic N) is 3. The number of rotatable bonds is 7. The normalized spacial score (nSPS) is 10.6. The first kappa shape index (κ1) is 15.9. The Morgan fingerprint density at radius 1 is 1.10 bits per heavy atom. The van der Waals surface area contributed by atoms with Crippen LogP contribution in [0, 0.1) is 0 Å². The second kappa shape index (κ2) is 8.10. The Hall–Kier alpha value is -1.46. The van der Waals surface area contributed by atoms with Gasteiger partial charge in [0.15, 0.2) is 5.82 Å². The Morgan fingerprint density at radius 3 is 2.48 bits per heavy atom. The molecule has 0 bridgehead atoms. The maximum absolute atomic E-state index is 4.30. The molecule has 112 valence electrons. The lowest BCUT2D eigenvalue weighted by atomic mass is 10.2. The van der Waals surface area contributed by atoms with Gasteiger partial charge in [-0.3, -0.25) is 0 Å². The van der Waals surface area contributed by atoms with Crippen molar-refractivity contribution < 1.29 is 0 Å². The fourth-order valence-electron chi connectivity index (χ4n) is 1.99. The van der Waals surface area contributed by atoms with Gasteiger partial charge in [0.05, 0.1) is 5.69 Å². The summed E-state index contributed by atoms with van der Waals surface area (Å²) in [6, 6.07) is 12.4. The largest absolute Gasteiger partial charge is 0.354 e. The summed E-state index contributed by atoms with van der Waals surface area (Å²) in [6.45, 7) is 4.75. The zero-order chi connectivity index (χ0) is 15.1. The maximum Gasteiger partial charge on any atom is 0.151 e. The lowest BCUT2D eigenvalue weighted by Crippen LogP contribution is -2.19. The van der Waals surface area contributed by atoms with Crippen molar-refractivity contribution in [2.75, 3.05) is 18.5 Å². The maximum atomic E-state index is 4.30. The molecular formula is C16H21BrN4. The van der Waals surface area contributed by atoms with Crippen LogP contribution in [-0.4, -0.2) is 23.8 Å². The Bertz CT molecular complexity index is 539. The van der Waals surface area contributed by atoms with Crippen molar-refractivity contribution in [1.29, 1.82) is 0 Å². The molecule has 0 aliphatic rings. The van der Waals surface area contributed by atoms with Gasteiger partial charge in [-0.1, -0.05) is 35.0 Å². The summed E-state index contributed by atoms with van der Waals surface area (Å²) in [6.07, 6.45) is 1.13. The topological polar surface area (TPSA) is 41.0 Å². The Morgan fingerprint density at radius 2 is 1.86 bits per heavy atom. The molecule has 1 heterocycles. The fraction of sp³-hybridized carbons (Fsp3) is 0.375. The highest BCUT2D eigenvalue weighted by Crippen LogP contribution is 2.15. The van der Waals surface area contributed by atoms with Gasteiger partial charge in [0.25, 0.3) is 0 Å². The number of halogens is 1. The first-order valence-corrected chi connectivity index (χ1v) is 7.97. The van der Waals surface area contributed by atoms with E-state index in [1.807, 2.05) is 19.2 Å². The monoisotopic (exact) mass is 348 g/mol. The first-order chi connectivity index (χ1) is 10.2. The minimum Gasteiger partial charge on any atom is -0.354 e. The highest BCUT2D eigenvalue weighted by atomic mass is 79.9. The second-order valence-electron chi connectivity index (χ2n) is 5.04. The Kier molecular flexibility index (Phi) is 6.14. The van der Waals surface area contributed by atoms with Crippen molar-refractivity contribution in [2.24, 2.45) is 0 Å². The molecule has 0 saturated heterocycles. The molecule has 0 fully saturated rings. The summed E-state index contributed by atoms with van der Waals surface area (Å²) < 4.78 is 1.10. The molecule has 0 unspecified atom stereocenters. The number of anilines is 1. The van der Waals surface area contributed by atoms with E-state index in [1.165, 1.54) is 5.56 Å². The van der Waals surface area contributed by atoms with Crippen LogP contribution in [0.15, 0.2) is 40.9 Å². The zero-order valence-electron chi connectivity index (χ0n) is 12.5. The summed E-state index contributed by atoms with van der Waals surface area (Å²) in [5, 5.41) is 11.9. The molecule has 0 aliphatic carbocycles. The molecule has 0 aliphatic heterocycles. The summed E-state index contributed by atoms with van der Waals surface area (Å²) in [5.41, 5.74) is 2.22. The number of benzene rings is 1. The van der Waals surface area contributed by atoms with E-state index in [0.29, 0.717) is 0 Å². The standard InChI is InChI=1S/C16H21BrN4/c1-3-10-18-11-15-8-9-16(20-19-15)21(2)12-13-4-6-14(17)7-5-13/h4-9,18H,3,10-12H2,1-2H3. The minimum atomic E-state index is 0.775. The van der Waals surface area contributed by atoms with Crippen molar-refractivity contribution in [3.8, 4) is 0 Å². The molecule has 0 spiro atoms. The van der Waals surface area contributed by atoms with E-state index >= 15 is 0 Å². The molecule has 2 aromatic rings. The van der Waals surface area contributed by atoms with Crippen molar-refractivity contribution >= 4 is 21.7 Å². The third-order valence-electron chi connectivity index (χ3n) is 3.16. The smallest absolute Gasteiger partial charge is 0.151 e. The quantitative estimate of drug-likeness (QED) is 0.778. The summed E-state index contributed by atoms with van der Waals surface area (Å²) in [5.74, 6) is 0.886. The third-order valence-corrected chi connectivity index (χ3v) is 3.69. The van der Waals surface area contributed by atoms with Gasteiger partial charge in [0, 0.05) is 24.6 Å². The zero-order valence-corrected chi connectivity index (χ0v) is 14.1. The van der Waals surface area contributed by atoms with Crippen LogP contribution in [0.5, 0.6) is 0 Å². The van der Waals surface area contributed by atoms with Gasteiger partial charge in [-0.25, -0.2) is 0 Å². The van der Waals surface area contributed by atoms with Crippen molar-refractivity contribution in [1.82, 2.24) is 15.5 Å². The van der Waals surface area contributed by atoms with Gasteiger partial charge in [0.1, 0.15) is 0 Å². The van der Waals surface area contributed by atoms with Crippen LogP contribution >= 0.6 is 15.9 Å². The highest BCUT2D eigenvalue weighted by Gasteiger charge is 2.05. The van der Waals surface area contributed by atoms with Crippen molar-refractivity contribution in [3.63, 3.8) is 0 Å². The SMILES string of the molecule is CCCNCc1ccc(N(C)Cc2ccc(Br)cc2)nn1. The predicted molar refractivity (Wildman–Crippen MR) is 90.3 cm³/mol. The molecule has 1 aromatic heterocycles. The van der Waals surface area contributed by atoms with Crippen molar-refractivity contribution in [3.05, 3.63) is 52.1 Å². The van der Waals surface area contributed by atoms with E-state index in [0.717, 1.165) is 42.0 Å². The molecule has 21 heavy (non-hydrogen) atoms. The van der Waals surface area contributed by atoms with Gasteiger partial charge in [-0.15, -0.1) is 5.10 Å². The number of nitrogens with one attached hydrogen (secondary N) is 1. The first-order valence-electron chi connectivity index (χ1n) is 7.18. The molecule has 1 aromatic carbocycles. The molecule has 2 rings (SSSR count). The van der Waals surface area contributed by atoms with E-state index in [1.54, 1.807) is 0 Å². The van der Waals surface area contributed by atoms with E-state index in [9.17, 15) is 0 Å². The number of hydrogen-bond acceptors (Lipinski definition) is 4. The van der Waals surface area contributed by atoms with Gasteiger partial charge in [-0.05, 0) is 42.8 Å². The van der Waals surface area contributed by atoms with Crippen LogP contribution in [0.1, 0.15) is 24.6 Å². The number of aromatic nitrogens is 2. The number of hydrogen-bond donors (Lipinski definition) is 1. The van der Waals surface area contributed by atoms with Crippen LogP contribution in [0.25, 0.3) is 0 Å². The van der Waals surface area contributed by atoms with Gasteiger partial charge >= 0.3 is 0 Å². The van der Waals surface area contributed by atoms with E-state index < -0.39 is 0 Å². The van der Waals surface area contributed by atoms with Crippen LogP contribution in [-0.2, 0) is 13.1 Å². The summed E-state index contributed by atoms with van der Waals surface area (Å²) in [7, 11) is 2.03. The lowest BCUT2D eigenvalue weighted by Gasteiger charge is -2.17. The summed E-state index contributed by atoms with van der Waals surface area (Å²) in [4.78, 5) is 2.10. The molecule has 0 saturated carbocycles. The summed E-state index contributed by atoms with van der Waals surface area (Å²) >= 11 is 3.45. The molecule has 0 atom stereocenters. The Labute approximate surface area is 134 Å². The average molecular weight is 349 g/mol. The van der Waals surface area contributed by atoms with Crippen LogP contribution in [0.3, 0.4) is 0 Å². The van der Waals surface area contributed by atoms with Crippen molar-refractivity contribution in [2.45, 2.75) is 26.4 Å². The predicted octanol–water partition coefficient (Wildman–Crippen LogP) is 3.38. The van der Waals surface area contributed by atoms with Gasteiger partial charge < -0.3 is 10.2 Å². The Balaban J connectivity index is 1.93. The third kappa shape index (κ3) is 5.10.